The van der Waals surface area contributed by atoms with Crippen molar-refractivity contribution < 1.29 is 23.8 Å². The summed E-state index contributed by atoms with van der Waals surface area (Å²) in [5.41, 5.74) is 0.538. The number of carbonyl (C=O) groups excluding carboxylic acids is 2. The fourth-order valence-electron chi connectivity index (χ4n) is 1.52. The van der Waals surface area contributed by atoms with Crippen LogP contribution in [0, 0.1) is 0 Å². The molecule has 17 heavy (non-hydrogen) atoms. The van der Waals surface area contributed by atoms with E-state index >= 15 is 0 Å². The van der Waals surface area contributed by atoms with Gasteiger partial charge in [0.15, 0.2) is 0 Å². The predicted octanol–water partition coefficient (Wildman–Crippen LogP) is 1.41. The molecule has 5 heteroatoms. The van der Waals surface area contributed by atoms with Gasteiger partial charge in [-0.2, -0.15) is 0 Å². The van der Waals surface area contributed by atoms with Gasteiger partial charge in [-0.05, 0) is 25.1 Å². The lowest BCUT2D eigenvalue weighted by Crippen LogP contribution is -2.06. The normalized spacial score (nSPS) is 13.5. The van der Waals surface area contributed by atoms with Crippen molar-refractivity contribution in [3.63, 3.8) is 0 Å². The molecular formula is C12H12O5. The van der Waals surface area contributed by atoms with Crippen LogP contribution < -0.4 is 4.74 Å². The van der Waals surface area contributed by atoms with Gasteiger partial charge in [-0.15, -0.1) is 0 Å². The van der Waals surface area contributed by atoms with Gasteiger partial charge in [0.2, 0.25) is 0 Å². The lowest BCUT2D eigenvalue weighted by molar-refractivity contribution is 0.0443. The van der Waals surface area contributed by atoms with Crippen molar-refractivity contribution in [2.45, 2.75) is 6.92 Å². The van der Waals surface area contributed by atoms with Crippen LogP contribution in [0.2, 0.25) is 0 Å². The Hall–Kier alpha value is -1.88. The average molecular weight is 236 g/mol. The number of rotatable bonds is 5. The first-order valence-corrected chi connectivity index (χ1v) is 5.33. The van der Waals surface area contributed by atoms with Crippen molar-refractivity contribution in [2.75, 3.05) is 19.8 Å². The quantitative estimate of drug-likeness (QED) is 0.439. The van der Waals surface area contributed by atoms with Crippen LogP contribution in [0.1, 0.15) is 27.6 Å². The SMILES string of the molecule is CCOCCOc1ccc2c(c1)C(=O)OC2=O. The molecule has 0 saturated carbocycles. The second kappa shape index (κ2) is 4.97. The largest absolute Gasteiger partial charge is 0.491 e. The van der Waals surface area contributed by atoms with Gasteiger partial charge in [0.25, 0.3) is 0 Å². The number of ether oxygens (including phenoxy) is 3. The number of esters is 2. The molecule has 2 rings (SSSR count). The highest BCUT2D eigenvalue weighted by molar-refractivity contribution is 6.14. The smallest absolute Gasteiger partial charge is 0.347 e. The molecule has 0 bridgehead atoms. The van der Waals surface area contributed by atoms with Crippen LogP contribution in [0.5, 0.6) is 5.75 Å². The Morgan fingerprint density at radius 3 is 2.65 bits per heavy atom. The summed E-state index contributed by atoms with van der Waals surface area (Å²) in [5, 5.41) is 0. The fourth-order valence-corrected chi connectivity index (χ4v) is 1.52. The van der Waals surface area contributed by atoms with Crippen molar-refractivity contribution >= 4 is 11.9 Å². The van der Waals surface area contributed by atoms with Gasteiger partial charge in [0.05, 0.1) is 17.7 Å². The maximum atomic E-state index is 11.3. The molecule has 0 spiro atoms. The van der Waals surface area contributed by atoms with Crippen LogP contribution in [0.25, 0.3) is 0 Å². The molecule has 1 heterocycles. The number of benzene rings is 1. The van der Waals surface area contributed by atoms with Crippen molar-refractivity contribution in [1.82, 2.24) is 0 Å². The summed E-state index contributed by atoms with van der Waals surface area (Å²) in [6.07, 6.45) is 0. The summed E-state index contributed by atoms with van der Waals surface area (Å²) < 4.78 is 15.0. The number of fused-ring (bicyclic) bond motifs is 1. The predicted molar refractivity (Wildman–Crippen MR) is 58.2 cm³/mol. The molecule has 0 fully saturated rings. The molecule has 0 atom stereocenters. The molecule has 0 radical (unpaired) electrons. The first-order chi connectivity index (χ1) is 8.22. The van der Waals surface area contributed by atoms with E-state index in [1.54, 1.807) is 6.07 Å². The Morgan fingerprint density at radius 1 is 1.12 bits per heavy atom. The zero-order valence-electron chi connectivity index (χ0n) is 9.39. The van der Waals surface area contributed by atoms with Crippen molar-refractivity contribution in [3.8, 4) is 5.75 Å². The van der Waals surface area contributed by atoms with E-state index in [9.17, 15) is 9.59 Å². The standard InChI is InChI=1S/C12H12O5/c1-2-15-5-6-16-8-3-4-9-10(7-8)12(14)17-11(9)13/h3-4,7H,2,5-6H2,1H3. The van der Waals surface area contributed by atoms with Gasteiger partial charge in [0, 0.05) is 6.61 Å². The van der Waals surface area contributed by atoms with Crippen molar-refractivity contribution in [1.29, 1.82) is 0 Å². The second-order valence-corrected chi connectivity index (χ2v) is 3.43. The molecular weight excluding hydrogens is 224 g/mol. The Labute approximate surface area is 98.3 Å². The number of carbonyl (C=O) groups is 2. The summed E-state index contributed by atoms with van der Waals surface area (Å²) in [4.78, 5) is 22.5. The van der Waals surface area contributed by atoms with Crippen LogP contribution in [-0.2, 0) is 9.47 Å². The second-order valence-electron chi connectivity index (χ2n) is 3.43. The van der Waals surface area contributed by atoms with E-state index in [4.69, 9.17) is 9.47 Å². The lowest BCUT2D eigenvalue weighted by atomic mass is 10.1. The number of hydrogen-bond acceptors (Lipinski definition) is 5. The molecule has 0 saturated heterocycles. The zero-order valence-corrected chi connectivity index (χ0v) is 9.39. The third-order valence-corrected chi connectivity index (χ3v) is 2.32. The molecule has 1 aromatic carbocycles. The Kier molecular flexibility index (Phi) is 3.39. The third kappa shape index (κ3) is 2.45. The first kappa shape index (κ1) is 11.6. The van der Waals surface area contributed by atoms with Crippen LogP contribution in [-0.4, -0.2) is 31.8 Å². The van der Waals surface area contributed by atoms with Crippen molar-refractivity contribution in [2.24, 2.45) is 0 Å². The molecule has 1 aliphatic rings. The monoisotopic (exact) mass is 236 g/mol. The van der Waals surface area contributed by atoms with Gasteiger partial charge in [-0.25, -0.2) is 9.59 Å². The summed E-state index contributed by atoms with van der Waals surface area (Å²) in [7, 11) is 0. The summed E-state index contributed by atoms with van der Waals surface area (Å²) in [6, 6.07) is 4.66. The van der Waals surface area contributed by atoms with Crippen molar-refractivity contribution in [3.05, 3.63) is 29.3 Å². The summed E-state index contributed by atoms with van der Waals surface area (Å²) in [6.45, 7) is 3.41. The minimum absolute atomic E-state index is 0.254. The maximum Gasteiger partial charge on any atom is 0.347 e. The maximum absolute atomic E-state index is 11.3. The highest BCUT2D eigenvalue weighted by Crippen LogP contribution is 2.24. The average Bonchev–Trinajstić information content (AvgIpc) is 2.61. The van der Waals surface area contributed by atoms with E-state index in [1.165, 1.54) is 12.1 Å². The summed E-state index contributed by atoms with van der Waals surface area (Å²) in [5.74, 6) is -0.707. The van der Waals surface area contributed by atoms with Gasteiger partial charge in [0.1, 0.15) is 12.4 Å². The molecule has 1 aliphatic heterocycles. The topological polar surface area (TPSA) is 61.8 Å². The molecule has 0 unspecified atom stereocenters. The third-order valence-electron chi connectivity index (χ3n) is 2.32. The highest BCUT2D eigenvalue weighted by atomic mass is 16.6. The molecule has 90 valence electrons. The Morgan fingerprint density at radius 2 is 1.88 bits per heavy atom. The molecule has 1 aromatic rings. The molecule has 5 nitrogen and oxygen atoms in total. The lowest BCUT2D eigenvalue weighted by Gasteiger charge is -2.06. The fraction of sp³-hybridized carbons (Fsp3) is 0.333. The number of cyclic esters (lactones) is 2. The van der Waals surface area contributed by atoms with E-state index in [2.05, 4.69) is 4.74 Å². The summed E-state index contributed by atoms with van der Waals surface area (Å²) >= 11 is 0. The van der Waals surface area contributed by atoms with E-state index in [1.807, 2.05) is 6.92 Å². The minimum atomic E-state index is -0.625. The Bertz CT molecular complexity index is 452. The van der Waals surface area contributed by atoms with E-state index in [-0.39, 0.29) is 11.1 Å². The highest BCUT2D eigenvalue weighted by Gasteiger charge is 2.29. The zero-order chi connectivity index (χ0) is 12.3. The van der Waals surface area contributed by atoms with Crippen LogP contribution in [0.3, 0.4) is 0 Å². The van der Waals surface area contributed by atoms with Gasteiger partial charge in [-0.1, -0.05) is 0 Å². The van der Waals surface area contributed by atoms with Crippen LogP contribution in [0.15, 0.2) is 18.2 Å². The number of hydrogen-bond donors (Lipinski definition) is 0. The van der Waals surface area contributed by atoms with Crippen LogP contribution in [0.4, 0.5) is 0 Å². The van der Waals surface area contributed by atoms with E-state index in [0.29, 0.717) is 25.6 Å². The van der Waals surface area contributed by atoms with Gasteiger partial charge in [-0.3, -0.25) is 0 Å². The van der Waals surface area contributed by atoms with E-state index in [0.717, 1.165) is 0 Å². The Balaban J connectivity index is 2.04. The van der Waals surface area contributed by atoms with Gasteiger partial charge < -0.3 is 14.2 Å². The first-order valence-electron chi connectivity index (χ1n) is 5.33. The molecule has 0 aliphatic carbocycles. The van der Waals surface area contributed by atoms with Gasteiger partial charge >= 0.3 is 11.9 Å². The van der Waals surface area contributed by atoms with Crippen LogP contribution >= 0.6 is 0 Å². The molecule has 0 N–H and O–H groups in total. The minimum Gasteiger partial charge on any atom is -0.491 e. The molecule has 0 aromatic heterocycles. The molecule has 0 amide bonds. The van der Waals surface area contributed by atoms with E-state index < -0.39 is 11.9 Å².